The Hall–Kier alpha value is -1.30. The predicted molar refractivity (Wildman–Crippen MR) is 63.9 cm³/mol. The van der Waals surface area contributed by atoms with Crippen LogP contribution in [0.5, 0.6) is 0 Å². The van der Waals surface area contributed by atoms with Crippen LogP contribution in [0.15, 0.2) is 30.3 Å². The minimum Gasteiger partial charge on any atom is -0.298 e. The molecule has 2 nitrogen and oxygen atoms in total. The van der Waals surface area contributed by atoms with E-state index < -0.39 is 11.2 Å². The molecule has 1 rings (SSSR count). The van der Waals surface area contributed by atoms with Crippen molar-refractivity contribution in [3.05, 3.63) is 35.9 Å². The Morgan fingerprint density at radius 3 is 2.24 bits per heavy atom. The van der Waals surface area contributed by atoms with Crippen LogP contribution in [0, 0.1) is 10.8 Å². The number of aryl methyl sites for hydroxylation is 1. The second-order valence-electron chi connectivity index (χ2n) is 3.34. The number of alkyl halides is 3. The van der Waals surface area contributed by atoms with Crippen LogP contribution in [-0.4, -0.2) is 16.3 Å². The van der Waals surface area contributed by atoms with Crippen LogP contribution >= 0.6 is 11.8 Å². The number of rotatable bonds is 3. The van der Waals surface area contributed by atoms with Crippen LogP contribution in [-0.2, 0) is 6.42 Å². The Bertz CT molecular complexity index is 401. The first-order chi connectivity index (χ1) is 7.89. The third-order valence-electron chi connectivity index (χ3n) is 1.97. The van der Waals surface area contributed by atoms with Gasteiger partial charge in [-0.15, -0.1) is 0 Å². The van der Waals surface area contributed by atoms with E-state index in [2.05, 4.69) is 0 Å². The van der Waals surface area contributed by atoms with Gasteiger partial charge >= 0.3 is 6.18 Å². The average Bonchev–Trinajstić information content (AvgIpc) is 2.26. The summed E-state index contributed by atoms with van der Waals surface area (Å²) in [6.45, 7) is 0. The van der Waals surface area contributed by atoms with Crippen molar-refractivity contribution in [1.82, 2.24) is 0 Å². The summed E-state index contributed by atoms with van der Waals surface area (Å²) >= 11 is 0.167. The lowest BCUT2D eigenvalue weighted by Crippen LogP contribution is -2.20. The molecule has 0 amide bonds. The van der Waals surface area contributed by atoms with Crippen molar-refractivity contribution in [2.45, 2.75) is 19.0 Å². The van der Waals surface area contributed by atoms with Gasteiger partial charge in [0.1, 0.15) is 0 Å². The molecule has 0 spiro atoms. The van der Waals surface area contributed by atoms with E-state index in [1.54, 1.807) is 0 Å². The summed E-state index contributed by atoms with van der Waals surface area (Å²) in [6, 6.07) is 9.23. The van der Waals surface area contributed by atoms with Crippen LogP contribution in [0.25, 0.3) is 0 Å². The largest absolute Gasteiger partial charge is 0.439 e. The molecule has 0 saturated heterocycles. The Kier molecular flexibility index (Phi) is 4.74. The van der Waals surface area contributed by atoms with Gasteiger partial charge in [-0.2, -0.15) is 13.2 Å². The van der Waals surface area contributed by atoms with E-state index in [4.69, 9.17) is 10.8 Å². The van der Waals surface area contributed by atoms with Gasteiger partial charge in [-0.25, -0.2) is 0 Å². The Morgan fingerprint density at radius 1 is 1.12 bits per heavy atom. The van der Waals surface area contributed by atoms with Crippen molar-refractivity contribution in [1.29, 1.82) is 10.8 Å². The zero-order chi connectivity index (χ0) is 12.9. The second kappa shape index (κ2) is 5.86. The molecule has 0 aliphatic carbocycles. The van der Waals surface area contributed by atoms with Gasteiger partial charge in [0.05, 0.1) is 5.04 Å². The lowest BCUT2D eigenvalue weighted by atomic mass is 10.1. The average molecular weight is 260 g/mol. The molecule has 17 heavy (non-hydrogen) atoms. The molecule has 6 heteroatoms. The Morgan fingerprint density at radius 2 is 1.71 bits per heavy atom. The molecule has 0 bridgehead atoms. The number of halogens is 3. The Balaban J connectivity index is 2.39. The molecule has 0 heterocycles. The summed E-state index contributed by atoms with van der Waals surface area (Å²) in [5.74, 6) is 0. The van der Waals surface area contributed by atoms with Gasteiger partial charge in [-0.05, 0) is 18.4 Å². The zero-order valence-electron chi connectivity index (χ0n) is 8.84. The molecule has 0 atom stereocenters. The van der Waals surface area contributed by atoms with Gasteiger partial charge in [0.15, 0.2) is 5.04 Å². The number of hydrogen-bond donors (Lipinski definition) is 2. The highest BCUT2D eigenvalue weighted by molar-refractivity contribution is 8.26. The van der Waals surface area contributed by atoms with Crippen molar-refractivity contribution in [3.63, 3.8) is 0 Å². The molecular formula is C11H11F3N2S. The molecule has 0 fully saturated rings. The van der Waals surface area contributed by atoms with E-state index in [9.17, 15) is 13.2 Å². The van der Waals surface area contributed by atoms with E-state index in [0.29, 0.717) is 6.42 Å². The summed E-state index contributed by atoms with van der Waals surface area (Å²) in [5, 5.41) is 12.5. The molecular weight excluding hydrogens is 249 g/mol. The van der Waals surface area contributed by atoms with Gasteiger partial charge < -0.3 is 0 Å². The minimum absolute atomic E-state index is 0.142. The van der Waals surface area contributed by atoms with Gasteiger partial charge in [0.2, 0.25) is 0 Å². The third kappa shape index (κ3) is 5.04. The molecule has 1 aromatic carbocycles. The molecule has 0 aromatic heterocycles. The first-order valence-corrected chi connectivity index (χ1v) is 5.66. The fourth-order valence-corrected chi connectivity index (χ4v) is 1.70. The number of thioether (sulfide) groups is 1. The van der Waals surface area contributed by atoms with Crippen LogP contribution in [0.4, 0.5) is 13.2 Å². The summed E-state index contributed by atoms with van der Waals surface area (Å²) < 4.78 is 36.1. The van der Waals surface area contributed by atoms with Crippen molar-refractivity contribution in [2.75, 3.05) is 0 Å². The van der Waals surface area contributed by atoms with E-state index in [0.717, 1.165) is 5.56 Å². The van der Waals surface area contributed by atoms with Crippen molar-refractivity contribution in [3.8, 4) is 0 Å². The topological polar surface area (TPSA) is 47.7 Å². The standard InChI is InChI=1S/C11H11F3N2S/c12-11(13,14)10(16)17-9(15)7-6-8-4-2-1-3-5-8/h1-5,15-16H,6-7H2. The summed E-state index contributed by atoms with van der Waals surface area (Å²) in [4.78, 5) is 0. The molecule has 0 unspecified atom stereocenters. The monoisotopic (exact) mass is 260 g/mol. The third-order valence-corrected chi connectivity index (χ3v) is 2.85. The number of hydrogen-bond acceptors (Lipinski definition) is 3. The van der Waals surface area contributed by atoms with E-state index in [-0.39, 0.29) is 23.2 Å². The van der Waals surface area contributed by atoms with Crippen LogP contribution in [0.3, 0.4) is 0 Å². The van der Waals surface area contributed by atoms with Gasteiger partial charge in [-0.1, -0.05) is 42.1 Å². The molecule has 0 aliphatic rings. The molecule has 0 radical (unpaired) electrons. The van der Waals surface area contributed by atoms with E-state index in [1.807, 2.05) is 30.3 Å². The number of benzene rings is 1. The van der Waals surface area contributed by atoms with Gasteiger partial charge in [0, 0.05) is 0 Å². The fraction of sp³-hybridized carbons (Fsp3) is 0.273. The van der Waals surface area contributed by atoms with Gasteiger partial charge in [-0.3, -0.25) is 10.8 Å². The maximum absolute atomic E-state index is 12.0. The van der Waals surface area contributed by atoms with Crippen molar-refractivity contribution < 1.29 is 13.2 Å². The second-order valence-corrected chi connectivity index (χ2v) is 4.44. The van der Waals surface area contributed by atoms with Crippen molar-refractivity contribution in [2.24, 2.45) is 0 Å². The first-order valence-electron chi connectivity index (χ1n) is 4.84. The summed E-state index contributed by atoms with van der Waals surface area (Å²) in [6.07, 6.45) is -3.92. The maximum atomic E-state index is 12.0. The quantitative estimate of drug-likeness (QED) is 0.629. The molecule has 1 aromatic rings. The normalized spacial score (nSPS) is 11.2. The highest BCUT2D eigenvalue weighted by atomic mass is 32.2. The van der Waals surface area contributed by atoms with Crippen LogP contribution in [0.2, 0.25) is 0 Å². The highest BCUT2D eigenvalue weighted by Gasteiger charge is 2.35. The molecule has 0 aliphatic heterocycles. The van der Waals surface area contributed by atoms with Crippen LogP contribution < -0.4 is 0 Å². The lowest BCUT2D eigenvalue weighted by molar-refractivity contribution is -0.0560. The zero-order valence-corrected chi connectivity index (χ0v) is 9.66. The van der Waals surface area contributed by atoms with Crippen molar-refractivity contribution >= 4 is 21.8 Å². The molecule has 0 saturated carbocycles. The predicted octanol–water partition coefficient (Wildman–Crippen LogP) is 3.87. The first kappa shape index (κ1) is 13.8. The SMILES string of the molecule is N=C(CCc1ccccc1)SC(=N)C(F)(F)F. The highest BCUT2D eigenvalue weighted by Crippen LogP contribution is 2.25. The summed E-state index contributed by atoms with van der Waals surface area (Å²) in [5.41, 5.74) is 0.969. The number of nitrogens with one attached hydrogen (secondary N) is 2. The smallest absolute Gasteiger partial charge is 0.298 e. The van der Waals surface area contributed by atoms with E-state index >= 15 is 0 Å². The maximum Gasteiger partial charge on any atom is 0.439 e. The molecule has 92 valence electrons. The van der Waals surface area contributed by atoms with Gasteiger partial charge in [0.25, 0.3) is 0 Å². The Labute approximate surface area is 101 Å². The minimum atomic E-state index is -4.65. The fourth-order valence-electron chi connectivity index (χ4n) is 1.13. The van der Waals surface area contributed by atoms with Crippen LogP contribution in [0.1, 0.15) is 12.0 Å². The lowest BCUT2D eigenvalue weighted by Gasteiger charge is -2.08. The molecule has 2 N–H and O–H groups in total. The van der Waals surface area contributed by atoms with E-state index in [1.165, 1.54) is 0 Å². The summed E-state index contributed by atoms with van der Waals surface area (Å²) in [7, 11) is 0.